The number of hydrogen-bond acceptors (Lipinski definition) is 6. The Morgan fingerprint density at radius 3 is 2.64 bits per heavy atom. The van der Waals surface area contributed by atoms with E-state index in [4.69, 9.17) is 4.74 Å². The summed E-state index contributed by atoms with van der Waals surface area (Å²) in [5.41, 5.74) is 1.91. The van der Waals surface area contributed by atoms with Gasteiger partial charge in [-0.05, 0) is 45.4 Å². The molecular formula is C26H26F3N7O3. The number of nitrogens with one attached hydrogen (secondary N) is 1. The average molecular weight is 542 g/mol. The molecule has 0 unspecified atom stereocenters. The number of carbonyl (C=O) groups excluding carboxylic acids is 2. The highest BCUT2D eigenvalue weighted by atomic mass is 19.4. The van der Waals surface area contributed by atoms with E-state index < -0.39 is 17.9 Å². The van der Waals surface area contributed by atoms with Crippen LogP contribution < -0.4 is 10.1 Å². The fourth-order valence-corrected chi connectivity index (χ4v) is 4.86. The summed E-state index contributed by atoms with van der Waals surface area (Å²) >= 11 is 0. The predicted octanol–water partition coefficient (Wildman–Crippen LogP) is 5.14. The molecule has 1 atom stereocenters. The van der Waals surface area contributed by atoms with E-state index >= 15 is 0 Å². The Kier molecular flexibility index (Phi) is 6.52. The van der Waals surface area contributed by atoms with Gasteiger partial charge in [0.2, 0.25) is 11.8 Å². The highest BCUT2D eigenvalue weighted by Crippen LogP contribution is 2.35. The SMILES string of the molecule is CCn1nc(NC(=O)n2ccc3c(C)c(Oc4ncnc5c4C[C@H](C)N(C(C)=O)C5)ccc32)cc1C(F)(F)F. The van der Waals surface area contributed by atoms with Crippen LogP contribution in [0.1, 0.15) is 43.3 Å². The van der Waals surface area contributed by atoms with Crippen LogP contribution in [-0.2, 0) is 30.5 Å². The van der Waals surface area contributed by atoms with Crippen molar-refractivity contribution in [3.8, 4) is 11.6 Å². The highest BCUT2D eigenvalue weighted by molar-refractivity contribution is 5.99. The standard InChI is InChI=1S/C26H26F3N7O3/c1-5-36-22(26(27,28)29)11-23(33-36)32-25(38)34-9-8-17-15(3)21(7-6-20(17)34)39-24-18-10-14(2)35(16(4)37)12-19(18)30-13-31-24/h6-9,11,13-14H,5,10,12H2,1-4H3,(H,32,33,38)/t14-/m0/s1. The minimum atomic E-state index is -4.59. The zero-order chi connectivity index (χ0) is 28.1. The van der Waals surface area contributed by atoms with Crippen LogP contribution in [0.3, 0.4) is 0 Å². The van der Waals surface area contributed by atoms with Gasteiger partial charge in [0.15, 0.2) is 5.82 Å². The lowest BCUT2D eigenvalue weighted by Crippen LogP contribution is -2.41. The third-order valence-electron chi connectivity index (χ3n) is 6.87. The predicted molar refractivity (Wildman–Crippen MR) is 135 cm³/mol. The Hall–Kier alpha value is -4.42. The number of amides is 2. The summed E-state index contributed by atoms with van der Waals surface area (Å²) in [5, 5.41) is 7.02. The Balaban J connectivity index is 1.40. The van der Waals surface area contributed by atoms with Crippen molar-refractivity contribution in [1.82, 2.24) is 29.2 Å². The first-order valence-electron chi connectivity index (χ1n) is 12.3. The number of benzene rings is 1. The molecule has 10 nitrogen and oxygen atoms in total. The molecule has 204 valence electrons. The van der Waals surface area contributed by atoms with E-state index in [1.807, 2.05) is 13.8 Å². The van der Waals surface area contributed by atoms with Gasteiger partial charge < -0.3 is 9.64 Å². The lowest BCUT2D eigenvalue weighted by Gasteiger charge is -2.33. The number of nitrogens with zero attached hydrogens (tertiary/aromatic N) is 6. The zero-order valence-corrected chi connectivity index (χ0v) is 21.7. The van der Waals surface area contributed by atoms with Gasteiger partial charge >= 0.3 is 12.2 Å². The van der Waals surface area contributed by atoms with E-state index in [1.54, 1.807) is 23.1 Å². The van der Waals surface area contributed by atoms with Gasteiger partial charge in [-0.15, -0.1) is 0 Å². The van der Waals surface area contributed by atoms with Crippen LogP contribution >= 0.6 is 0 Å². The van der Waals surface area contributed by atoms with Gasteiger partial charge in [-0.1, -0.05) is 0 Å². The topological polar surface area (TPSA) is 107 Å². The number of aryl methyl sites for hydroxylation is 2. The van der Waals surface area contributed by atoms with Gasteiger partial charge in [-0.3, -0.25) is 19.4 Å². The van der Waals surface area contributed by atoms with Crippen LogP contribution in [0, 0.1) is 6.92 Å². The van der Waals surface area contributed by atoms with Gasteiger partial charge in [0.1, 0.15) is 17.8 Å². The average Bonchev–Trinajstić information content (AvgIpc) is 3.50. The largest absolute Gasteiger partial charge is 0.438 e. The van der Waals surface area contributed by atoms with E-state index in [2.05, 4.69) is 20.4 Å². The van der Waals surface area contributed by atoms with Crippen LogP contribution in [0.25, 0.3) is 10.9 Å². The first-order chi connectivity index (χ1) is 18.5. The number of rotatable bonds is 4. The number of hydrogen-bond donors (Lipinski definition) is 1. The molecule has 5 rings (SSSR count). The van der Waals surface area contributed by atoms with Crippen LogP contribution in [0.2, 0.25) is 0 Å². The van der Waals surface area contributed by atoms with E-state index in [0.29, 0.717) is 30.1 Å². The molecular weight excluding hydrogens is 515 g/mol. The molecule has 0 saturated heterocycles. The van der Waals surface area contributed by atoms with Crippen molar-refractivity contribution in [2.75, 3.05) is 5.32 Å². The van der Waals surface area contributed by atoms with Crippen molar-refractivity contribution in [2.24, 2.45) is 0 Å². The van der Waals surface area contributed by atoms with Crippen LogP contribution in [-0.4, -0.2) is 47.2 Å². The van der Waals surface area contributed by atoms with Crippen molar-refractivity contribution in [2.45, 2.75) is 59.4 Å². The molecule has 0 bridgehead atoms. The summed E-state index contributed by atoms with van der Waals surface area (Å²) < 4.78 is 48.1. The Morgan fingerprint density at radius 1 is 1.21 bits per heavy atom. The summed E-state index contributed by atoms with van der Waals surface area (Å²) in [5.74, 6) is 0.712. The summed E-state index contributed by atoms with van der Waals surface area (Å²) in [6.45, 7) is 7.25. The second-order valence-corrected chi connectivity index (χ2v) is 9.37. The van der Waals surface area contributed by atoms with E-state index in [-0.39, 0.29) is 24.3 Å². The summed E-state index contributed by atoms with van der Waals surface area (Å²) in [7, 11) is 0. The van der Waals surface area contributed by atoms with Gasteiger partial charge in [0, 0.05) is 48.3 Å². The number of carbonyl (C=O) groups is 2. The molecule has 0 aliphatic carbocycles. The van der Waals surface area contributed by atoms with Crippen LogP contribution in [0.4, 0.5) is 23.8 Å². The fraction of sp³-hybridized carbons (Fsp3) is 0.346. The lowest BCUT2D eigenvalue weighted by atomic mass is 9.99. The lowest BCUT2D eigenvalue weighted by molar-refractivity contribution is -0.144. The smallest absolute Gasteiger partial charge is 0.433 e. The molecule has 13 heteroatoms. The number of alkyl halides is 3. The van der Waals surface area contributed by atoms with Crippen molar-refractivity contribution in [3.05, 3.63) is 59.3 Å². The van der Waals surface area contributed by atoms with Crippen molar-refractivity contribution < 1.29 is 27.5 Å². The molecule has 4 aromatic rings. The monoisotopic (exact) mass is 541 g/mol. The quantitative estimate of drug-likeness (QED) is 0.383. The Bertz CT molecular complexity index is 1590. The minimum absolute atomic E-state index is 0.00255. The first kappa shape index (κ1) is 26.2. The molecule has 3 aromatic heterocycles. The normalized spacial score (nSPS) is 15.4. The number of aromatic nitrogens is 5. The van der Waals surface area contributed by atoms with Crippen molar-refractivity contribution >= 4 is 28.7 Å². The molecule has 2 amide bonds. The second-order valence-electron chi connectivity index (χ2n) is 9.37. The first-order valence-corrected chi connectivity index (χ1v) is 12.3. The maximum atomic E-state index is 13.3. The third-order valence-corrected chi connectivity index (χ3v) is 6.87. The number of ether oxygens (including phenoxy) is 1. The highest BCUT2D eigenvalue weighted by Gasteiger charge is 2.36. The van der Waals surface area contributed by atoms with Gasteiger partial charge in [0.25, 0.3) is 0 Å². The number of anilines is 1. The van der Waals surface area contributed by atoms with Gasteiger partial charge in [-0.2, -0.15) is 18.3 Å². The summed E-state index contributed by atoms with van der Waals surface area (Å²) in [6, 6.07) is 5.25. The minimum Gasteiger partial charge on any atom is -0.438 e. The third kappa shape index (κ3) is 4.79. The molecule has 1 N–H and O–H groups in total. The van der Waals surface area contributed by atoms with Gasteiger partial charge in [0.05, 0.1) is 17.8 Å². The van der Waals surface area contributed by atoms with E-state index in [0.717, 1.165) is 33.0 Å². The number of fused-ring (bicyclic) bond motifs is 2. The number of halogens is 3. The molecule has 4 heterocycles. The summed E-state index contributed by atoms with van der Waals surface area (Å²) in [6.07, 6.45) is -1.11. The molecule has 1 aliphatic heterocycles. The maximum Gasteiger partial charge on any atom is 0.433 e. The van der Waals surface area contributed by atoms with Crippen molar-refractivity contribution in [1.29, 1.82) is 0 Å². The van der Waals surface area contributed by atoms with E-state index in [9.17, 15) is 22.8 Å². The van der Waals surface area contributed by atoms with Gasteiger partial charge in [-0.25, -0.2) is 14.8 Å². The zero-order valence-electron chi connectivity index (χ0n) is 21.7. The molecule has 1 aliphatic rings. The molecule has 0 fully saturated rings. The van der Waals surface area contributed by atoms with Crippen molar-refractivity contribution in [3.63, 3.8) is 0 Å². The molecule has 0 saturated carbocycles. The second kappa shape index (κ2) is 9.71. The molecule has 39 heavy (non-hydrogen) atoms. The fourth-order valence-electron chi connectivity index (χ4n) is 4.86. The Labute approximate surface area is 221 Å². The van der Waals surface area contributed by atoms with E-state index in [1.165, 1.54) is 30.9 Å². The van der Waals surface area contributed by atoms with Crippen LogP contribution in [0.15, 0.2) is 36.8 Å². The molecule has 0 spiro atoms. The maximum absolute atomic E-state index is 13.3. The summed E-state index contributed by atoms with van der Waals surface area (Å²) in [4.78, 5) is 35.3. The Morgan fingerprint density at radius 2 is 1.97 bits per heavy atom. The van der Waals surface area contributed by atoms with Crippen LogP contribution in [0.5, 0.6) is 11.6 Å². The molecule has 0 radical (unpaired) electrons. The molecule has 1 aromatic carbocycles.